The van der Waals surface area contributed by atoms with Gasteiger partial charge in [-0.1, -0.05) is 26.8 Å². The zero-order chi connectivity index (χ0) is 14.9. The quantitative estimate of drug-likeness (QED) is 0.886. The van der Waals surface area contributed by atoms with Gasteiger partial charge < -0.3 is 5.11 Å². The second-order valence-electron chi connectivity index (χ2n) is 5.76. The predicted molar refractivity (Wildman–Crippen MR) is 81.6 cm³/mol. The molecule has 2 aromatic rings. The van der Waals surface area contributed by atoms with Gasteiger partial charge in [-0.3, -0.25) is 10.1 Å². The number of hydrogen-bond donors (Lipinski definition) is 2. The van der Waals surface area contributed by atoms with Gasteiger partial charge in [0.05, 0.1) is 11.3 Å². The molecule has 0 spiro atoms. The van der Waals surface area contributed by atoms with Crippen LogP contribution in [0, 0.1) is 6.92 Å². The maximum absolute atomic E-state index is 12.1. The van der Waals surface area contributed by atoms with Crippen LogP contribution >= 0.6 is 11.3 Å². The monoisotopic (exact) mass is 290 g/mol. The number of thiazole rings is 1. The second kappa shape index (κ2) is 5.25. The van der Waals surface area contributed by atoms with Crippen molar-refractivity contribution in [3.63, 3.8) is 0 Å². The topological polar surface area (TPSA) is 62.2 Å². The Labute approximate surface area is 122 Å². The van der Waals surface area contributed by atoms with E-state index in [1.165, 1.54) is 11.3 Å². The van der Waals surface area contributed by atoms with Crippen LogP contribution in [-0.4, -0.2) is 16.0 Å². The number of aromatic nitrogens is 1. The summed E-state index contributed by atoms with van der Waals surface area (Å²) in [5.74, 6) is -0.368. The highest BCUT2D eigenvalue weighted by molar-refractivity contribution is 7.14. The molecule has 0 aliphatic carbocycles. The molecule has 4 nitrogen and oxygen atoms in total. The molecule has 106 valence electrons. The Morgan fingerprint density at radius 3 is 2.60 bits per heavy atom. The van der Waals surface area contributed by atoms with Crippen molar-refractivity contribution in [2.75, 3.05) is 5.32 Å². The van der Waals surface area contributed by atoms with Crippen molar-refractivity contribution in [3.8, 4) is 5.75 Å². The summed E-state index contributed by atoms with van der Waals surface area (Å²) < 4.78 is 0. The molecular formula is C15H18N2O2S. The molecule has 20 heavy (non-hydrogen) atoms. The Bertz CT molecular complexity index is 642. The van der Waals surface area contributed by atoms with Gasteiger partial charge in [-0.05, 0) is 24.6 Å². The molecule has 0 bridgehead atoms. The van der Waals surface area contributed by atoms with E-state index in [0.717, 1.165) is 11.3 Å². The van der Waals surface area contributed by atoms with E-state index < -0.39 is 0 Å². The molecule has 0 saturated heterocycles. The van der Waals surface area contributed by atoms with Crippen molar-refractivity contribution >= 4 is 22.4 Å². The lowest BCUT2D eigenvalue weighted by Gasteiger charge is -2.14. The number of aromatic hydroxyl groups is 1. The summed E-state index contributed by atoms with van der Waals surface area (Å²) in [5, 5.41) is 15.0. The molecule has 0 atom stereocenters. The lowest BCUT2D eigenvalue weighted by Crippen LogP contribution is -2.14. The van der Waals surface area contributed by atoms with Crippen LogP contribution in [0.3, 0.4) is 0 Å². The first kappa shape index (κ1) is 14.5. The fourth-order valence-electron chi connectivity index (χ4n) is 1.67. The third-order valence-electron chi connectivity index (χ3n) is 2.89. The molecule has 0 saturated carbocycles. The number of carbonyl (C=O) groups excluding carboxylic acids is 1. The SMILES string of the molecule is Cc1ccc(C(=O)Nc2nc(C(C)(C)C)cs2)c(O)c1. The smallest absolute Gasteiger partial charge is 0.261 e. The molecule has 1 amide bonds. The van der Waals surface area contributed by atoms with Crippen LogP contribution in [0.5, 0.6) is 5.75 Å². The molecule has 1 aromatic carbocycles. The fourth-order valence-corrected chi connectivity index (χ4v) is 2.61. The number of anilines is 1. The van der Waals surface area contributed by atoms with Crippen LogP contribution in [0.15, 0.2) is 23.6 Å². The van der Waals surface area contributed by atoms with Crippen LogP contribution in [0.1, 0.15) is 42.4 Å². The molecule has 5 heteroatoms. The lowest BCUT2D eigenvalue weighted by atomic mass is 9.93. The number of amides is 1. The van der Waals surface area contributed by atoms with E-state index in [4.69, 9.17) is 0 Å². The number of phenols is 1. The van der Waals surface area contributed by atoms with Gasteiger partial charge in [0.1, 0.15) is 5.75 Å². The van der Waals surface area contributed by atoms with Gasteiger partial charge in [0.15, 0.2) is 5.13 Å². The van der Waals surface area contributed by atoms with Crippen LogP contribution in [-0.2, 0) is 5.41 Å². The van der Waals surface area contributed by atoms with Gasteiger partial charge in [0, 0.05) is 10.8 Å². The first-order chi connectivity index (χ1) is 9.27. The highest BCUT2D eigenvalue weighted by Gasteiger charge is 2.19. The molecule has 0 radical (unpaired) electrons. The summed E-state index contributed by atoms with van der Waals surface area (Å²) >= 11 is 1.38. The zero-order valence-corrected chi connectivity index (χ0v) is 12.8. The third-order valence-corrected chi connectivity index (χ3v) is 3.65. The van der Waals surface area contributed by atoms with Crippen molar-refractivity contribution in [3.05, 3.63) is 40.4 Å². The standard InChI is InChI=1S/C15H18N2O2S/c1-9-5-6-10(11(18)7-9)13(19)17-14-16-12(8-20-14)15(2,3)4/h5-8,18H,1-4H3,(H,16,17,19). The normalized spacial score (nSPS) is 11.4. The van der Waals surface area contributed by atoms with E-state index >= 15 is 0 Å². The van der Waals surface area contributed by atoms with Gasteiger partial charge >= 0.3 is 0 Å². The van der Waals surface area contributed by atoms with E-state index in [0.29, 0.717) is 5.13 Å². The number of carbonyl (C=O) groups is 1. The first-order valence-electron chi connectivity index (χ1n) is 6.34. The summed E-state index contributed by atoms with van der Waals surface area (Å²) in [7, 11) is 0. The lowest BCUT2D eigenvalue weighted by molar-refractivity contribution is 0.102. The van der Waals surface area contributed by atoms with Gasteiger partial charge in [-0.25, -0.2) is 4.98 Å². The number of hydrogen-bond acceptors (Lipinski definition) is 4. The molecule has 2 N–H and O–H groups in total. The van der Waals surface area contributed by atoms with Gasteiger partial charge in [0.2, 0.25) is 0 Å². The molecule has 0 aliphatic rings. The Hall–Kier alpha value is -1.88. The zero-order valence-electron chi connectivity index (χ0n) is 12.0. The minimum Gasteiger partial charge on any atom is -0.507 e. The van der Waals surface area contributed by atoms with Crippen molar-refractivity contribution in [2.45, 2.75) is 33.1 Å². The van der Waals surface area contributed by atoms with E-state index in [1.807, 2.05) is 12.3 Å². The largest absolute Gasteiger partial charge is 0.507 e. The van der Waals surface area contributed by atoms with Crippen molar-refractivity contribution < 1.29 is 9.90 Å². The molecule has 1 aromatic heterocycles. The van der Waals surface area contributed by atoms with Crippen LogP contribution in [0.2, 0.25) is 0 Å². The Morgan fingerprint density at radius 2 is 2.05 bits per heavy atom. The Morgan fingerprint density at radius 1 is 1.35 bits per heavy atom. The van der Waals surface area contributed by atoms with Crippen LogP contribution in [0.25, 0.3) is 0 Å². The predicted octanol–water partition coefficient (Wildman–Crippen LogP) is 3.71. The van der Waals surface area contributed by atoms with Gasteiger partial charge in [-0.15, -0.1) is 11.3 Å². The Balaban J connectivity index is 2.17. The minimum absolute atomic E-state index is 0.0184. The highest BCUT2D eigenvalue weighted by atomic mass is 32.1. The van der Waals surface area contributed by atoms with Gasteiger partial charge in [-0.2, -0.15) is 0 Å². The van der Waals surface area contributed by atoms with Crippen molar-refractivity contribution in [1.29, 1.82) is 0 Å². The maximum atomic E-state index is 12.1. The highest BCUT2D eigenvalue weighted by Crippen LogP contribution is 2.27. The summed E-state index contributed by atoms with van der Waals surface area (Å²) in [6.45, 7) is 8.07. The number of benzene rings is 1. The molecule has 2 rings (SSSR count). The average molecular weight is 290 g/mol. The molecule has 0 fully saturated rings. The summed E-state index contributed by atoms with van der Waals surface area (Å²) in [6, 6.07) is 4.96. The number of nitrogens with one attached hydrogen (secondary N) is 1. The number of nitrogens with zero attached hydrogens (tertiary/aromatic N) is 1. The number of rotatable bonds is 2. The van der Waals surface area contributed by atoms with Crippen molar-refractivity contribution in [2.24, 2.45) is 0 Å². The maximum Gasteiger partial charge on any atom is 0.261 e. The molecule has 1 heterocycles. The average Bonchev–Trinajstić information content (AvgIpc) is 2.76. The summed E-state index contributed by atoms with van der Waals surface area (Å²) in [6.07, 6.45) is 0. The van der Waals surface area contributed by atoms with E-state index in [9.17, 15) is 9.90 Å². The van der Waals surface area contributed by atoms with E-state index in [-0.39, 0.29) is 22.6 Å². The summed E-state index contributed by atoms with van der Waals surface area (Å²) in [5.41, 5.74) is 2.04. The molecule has 0 unspecified atom stereocenters. The Kier molecular flexibility index (Phi) is 3.81. The number of aryl methyl sites for hydroxylation is 1. The van der Waals surface area contributed by atoms with Gasteiger partial charge in [0.25, 0.3) is 5.91 Å². The minimum atomic E-state index is -0.350. The second-order valence-corrected chi connectivity index (χ2v) is 6.62. The summed E-state index contributed by atoms with van der Waals surface area (Å²) in [4.78, 5) is 16.5. The third kappa shape index (κ3) is 3.17. The fraction of sp³-hybridized carbons (Fsp3) is 0.333. The van der Waals surface area contributed by atoms with Crippen LogP contribution < -0.4 is 5.32 Å². The van der Waals surface area contributed by atoms with Crippen LogP contribution in [0.4, 0.5) is 5.13 Å². The molecular weight excluding hydrogens is 272 g/mol. The van der Waals surface area contributed by atoms with E-state index in [1.54, 1.807) is 18.2 Å². The van der Waals surface area contributed by atoms with Crippen molar-refractivity contribution in [1.82, 2.24) is 4.98 Å². The number of phenolic OH excluding ortho intramolecular Hbond substituents is 1. The molecule has 0 aliphatic heterocycles. The first-order valence-corrected chi connectivity index (χ1v) is 7.22. The van der Waals surface area contributed by atoms with E-state index in [2.05, 4.69) is 31.1 Å².